The average molecular weight is 182 g/mol. The van der Waals surface area contributed by atoms with Gasteiger partial charge in [-0.2, -0.15) is 0 Å². The highest BCUT2D eigenvalue weighted by molar-refractivity contribution is 5.77. The molecule has 0 aromatic carbocycles. The van der Waals surface area contributed by atoms with Gasteiger partial charge in [-0.15, -0.1) is 0 Å². The van der Waals surface area contributed by atoms with Crippen LogP contribution in [0.5, 0.6) is 0 Å². The molecule has 4 nitrogen and oxygen atoms in total. The van der Waals surface area contributed by atoms with Crippen molar-refractivity contribution < 1.29 is 0 Å². The summed E-state index contributed by atoms with van der Waals surface area (Å²) in [5, 5.41) is 0. The van der Waals surface area contributed by atoms with E-state index in [1.165, 1.54) is 25.7 Å². The number of nitrogens with one attached hydrogen (secondary N) is 1. The van der Waals surface area contributed by atoms with Gasteiger partial charge in [0.05, 0.1) is 0 Å². The first-order valence-electron chi connectivity index (χ1n) is 5.06. The molecule has 2 rings (SSSR count). The zero-order valence-corrected chi connectivity index (χ0v) is 7.87. The Labute approximate surface area is 78.7 Å². The van der Waals surface area contributed by atoms with Crippen molar-refractivity contribution in [2.75, 3.05) is 6.54 Å². The van der Waals surface area contributed by atoms with Gasteiger partial charge in [-0.3, -0.25) is 10.4 Å². The van der Waals surface area contributed by atoms with Crippen molar-refractivity contribution >= 4 is 5.96 Å². The van der Waals surface area contributed by atoms with E-state index in [1.807, 2.05) is 0 Å². The van der Waals surface area contributed by atoms with Crippen molar-refractivity contribution in [1.82, 2.24) is 5.43 Å². The van der Waals surface area contributed by atoms with Crippen molar-refractivity contribution in [3.8, 4) is 0 Å². The fraction of sp³-hybridized carbons (Fsp3) is 0.889. The second kappa shape index (κ2) is 3.54. The maximum absolute atomic E-state index is 5.46. The van der Waals surface area contributed by atoms with Crippen LogP contribution < -0.4 is 17.0 Å². The molecule has 5 N–H and O–H groups in total. The van der Waals surface area contributed by atoms with Crippen LogP contribution in [0.3, 0.4) is 0 Å². The molecule has 2 saturated carbocycles. The second-order valence-electron chi connectivity index (χ2n) is 4.31. The Bertz CT molecular complexity index is 214. The number of hydrogen-bond acceptors (Lipinski definition) is 2. The lowest BCUT2D eigenvalue weighted by Gasteiger charge is -2.19. The monoisotopic (exact) mass is 182 g/mol. The molecule has 0 amide bonds. The Morgan fingerprint density at radius 2 is 2.23 bits per heavy atom. The summed E-state index contributed by atoms with van der Waals surface area (Å²) in [6.45, 7) is 0.858. The van der Waals surface area contributed by atoms with E-state index in [4.69, 9.17) is 11.6 Å². The number of nitrogens with zero attached hydrogens (tertiary/aromatic N) is 1. The van der Waals surface area contributed by atoms with Crippen LogP contribution in [0, 0.1) is 17.8 Å². The molecule has 0 aromatic heterocycles. The van der Waals surface area contributed by atoms with Gasteiger partial charge < -0.3 is 5.73 Å². The first kappa shape index (κ1) is 8.81. The van der Waals surface area contributed by atoms with Crippen molar-refractivity contribution in [2.24, 2.45) is 34.3 Å². The van der Waals surface area contributed by atoms with E-state index in [0.29, 0.717) is 5.96 Å². The van der Waals surface area contributed by atoms with Crippen molar-refractivity contribution in [3.63, 3.8) is 0 Å². The largest absolute Gasteiger partial charge is 0.369 e. The Morgan fingerprint density at radius 3 is 2.77 bits per heavy atom. The Kier molecular flexibility index (Phi) is 2.40. The second-order valence-corrected chi connectivity index (χ2v) is 4.31. The summed E-state index contributed by atoms with van der Waals surface area (Å²) < 4.78 is 0. The standard InChI is InChI=1S/C9H18N4/c10-9(13-11)12-5-8-4-6-1-2-7(8)3-6/h6-8H,1-5,11H2,(H3,10,12,13). The highest BCUT2D eigenvalue weighted by Crippen LogP contribution is 2.48. The molecule has 0 heterocycles. The molecular weight excluding hydrogens is 164 g/mol. The lowest BCUT2D eigenvalue weighted by atomic mass is 9.89. The Hall–Kier alpha value is -0.770. The van der Waals surface area contributed by atoms with E-state index in [9.17, 15) is 0 Å². The minimum atomic E-state index is 0.364. The molecule has 74 valence electrons. The fourth-order valence-electron chi connectivity index (χ4n) is 2.86. The van der Waals surface area contributed by atoms with Gasteiger partial charge in [0.25, 0.3) is 0 Å². The minimum Gasteiger partial charge on any atom is -0.369 e. The highest BCUT2D eigenvalue weighted by Gasteiger charge is 2.38. The smallest absolute Gasteiger partial charge is 0.203 e. The van der Waals surface area contributed by atoms with E-state index in [-0.39, 0.29) is 0 Å². The number of guanidine groups is 1. The number of fused-ring (bicyclic) bond motifs is 2. The normalized spacial score (nSPS) is 38.2. The molecule has 0 spiro atoms. The van der Waals surface area contributed by atoms with Gasteiger partial charge in [-0.25, -0.2) is 5.84 Å². The third-order valence-corrected chi connectivity index (χ3v) is 3.53. The van der Waals surface area contributed by atoms with Crippen LogP contribution in [0.2, 0.25) is 0 Å². The zero-order valence-electron chi connectivity index (χ0n) is 7.87. The van der Waals surface area contributed by atoms with E-state index in [0.717, 1.165) is 24.3 Å². The van der Waals surface area contributed by atoms with Crippen molar-refractivity contribution in [1.29, 1.82) is 0 Å². The van der Waals surface area contributed by atoms with Gasteiger partial charge in [-0.05, 0) is 37.0 Å². The summed E-state index contributed by atoms with van der Waals surface area (Å²) in [5.74, 6) is 8.16. The molecule has 2 aliphatic rings. The van der Waals surface area contributed by atoms with Crippen LogP contribution in [0.25, 0.3) is 0 Å². The minimum absolute atomic E-state index is 0.364. The summed E-state index contributed by atoms with van der Waals surface area (Å²) >= 11 is 0. The van der Waals surface area contributed by atoms with Crippen molar-refractivity contribution in [2.45, 2.75) is 25.7 Å². The quantitative estimate of drug-likeness (QED) is 0.247. The summed E-state index contributed by atoms with van der Waals surface area (Å²) in [5.41, 5.74) is 7.82. The van der Waals surface area contributed by atoms with Crippen LogP contribution in [-0.2, 0) is 0 Å². The average Bonchev–Trinajstić information content (AvgIpc) is 2.74. The van der Waals surface area contributed by atoms with Gasteiger partial charge in [-0.1, -0.05) is 6.42 Å². The van der Waals surface area contributed by atoms with Gasteiger partial charge in [0.1, 0.15) is 0 Å². The van der Waals surface area contributed by atoms with Crippen LogP contribution in [-0.4, -0.2) is 12.5 Å². The third kappa shape index (κ3) is 1.77. The molecule has 3 atom stereocenters. The van der Waals surface area contributed by atoms with Gasteiger partial charge in [0.15, 0.2) is 0 Å². The maximum Gasteiger partial charge on any atom is 0.203 e. The zero-order chi connectivity index (χ0) is 9.26. The number of aliphatic imine (C=N–C) groups is 1. The van der Waals surface area contributed by atoms with Gasteiger partial charge in [0, 0.05) is 6.54 Å². The van der Waals surface area contributed by atoms with Crippen LogP contribution >= 0.6 is 0 Å². The van der Waals surface area contributed by atoms with Crippen LogP contribution in [0.1, 0.15) is 25.7 Å². The molecule has 4 heteroatoms. The summed E-state index contributed by atoms with van der Waals surface area (Å²) in [7, 11) is 0. The predicted octanol–water partition coefficient (Wildman–Crippen LogP) is 0.201. The molecule has 0 radical (unpaired) electrons. The lowest BCUT2D eigenvalue weighted by Crippen LogP contribution is -2.37. The SMILES string of the molecule is NNC(N)=NCC1CC2CCC1C2. The summed E-state index contributed by atoms with van der Waals surface area (Å²) in [6, 6.07) is 0. The Balaban J connectivity index is 1.83. The fourth-order valence-corrected chi connectivity index (χ4v) is 2.86. The Morgan fingerprint density at radius 1 is 1.38 bits per heavy atom. The van der Waals surface area contributed by atoms with Crippen LogP contribution in [0.4, 0.5) is 0 Å². The maximum atomic E-state index is 5.46. The van der Waals surface area contributed by atoms with E-state index in [2.05, 4.69) is 10.4 Å². The number of nitrogens with two attached hydrogens (primary N) is 2. The molecule has 0 saturated heterocycles. The van der Waals surface area contributed by atoms with Crippen LogP contribution in [0.15, 0.2) is 4.99 Å². The number of hydrazine groups is 1. The molecule has 0 aromatic rings. The molecule has 2 aliphatic carbocycles. The van der Waals surface area contributed by atoms with Gasteiger partial charge in [0.2, 0.25) is 5.96 Å². The lowest BCUT2D eigenvalue weighted by molar-refractivity contribution is 0.342. The summed E-state index contributed by atoms with van der Waals surface area (Å²) in [4.78, 5) is 4.20. The molecular formula is C9H18N4. The number of hydrogen-bond donors (Lipinski definition) is 3. The summed E-state index contributed by atoms with van der Waals surface area (Å²) in [6.07, 6.45) is 5.62. The van der Waals surface area contributed by atoms with E-state index >= 15 is 0 Å². The first-order chi connectivity index (χ1) is 6.29. The predicted molar refractivity (Wildman–Crippen MR) is 52.8 cm³/mol. The topological polar surface area (TPSA) is 76.4 Å². The highest BCUT2D eigenvalue weighted by atomic mass is 15.3. The molecule has 13 heavy (non-hydrogen) atoms. The van der Waals surface area contributed by atoms with Crippen molar-refractivity contribution in [3.05, 3.63) is 0 Å². The molecule has 3 unspecified atom stereocenters. The molecule has 0 aliphatic heterocycles. The number of rotatable bonds is 2. The van der Waals surface area contributed by atoms with E-state index < -0.39 is 0 Å². The first-order valence-corrected chi connectivity index (χ1v) is 5.06. The molecule has 2 fully saturated rings. The van der Waals surface area contributed by atoms with E-state index in [1.54, 1.807) is 0 Å². The third-order valence-electron chi connectivity index (χ3n) is 3.53. The molecule has 2 bridgehead atoms. The van der Waals surface area contributed by atoms with Gasteiger partial charge >= 0.3 is 0 Å².